The molecule has 128 valence electrons. The maximum Gasteiger partial charge on any atom is 0.336 e. The van der Waals surface area contributed by atoms with E-state index >= 15 is 0 Å². The molecule has 0 radical (unpaired) electrons. The van der Waals surface area contributed by atoms with Crippen LogP contribution in [0.25, 0.3) is 0 Å². The summed E-state index contributed by atoms with van der Waals surface area (Å²) in [5.74, 6) is -1.47. The van der Waals surface area contributed by atoms with Crippen LogP contribution in [0.2, 0.25) is 18.1 Å². The lowest BCUT2D eigenvalue weighted by Gasteiger charge is -2.39. The number of fused-ring (bicyclic) bond motifs is 1. The highest BCUT2D eigenvalue weighted by Gasteiger charge is 2.43. The van der Waals surface area contributed by atoms with Crippen LogP contribution in [-0.4, -0.2) is 19.4 Å². The van der Waals surface area contributed by atoms with Crippen molar-refractivity contribution < 1.29 is 18.7 Å². The molecule has 2 rings (SSSR count). The summed E-state index contributed by atoms with van der Waals surface area (Å²) < 4.78 is 21.1. The third kappa shape index (κ3) is 3.26. The number of carboxylic acid groups (broad SMARTS) is 1. The standard InChI is InChI=1S/C17H24BrFO3Si/c1-9-7-10-11(8-12(16(20)21)13(18)14(10)19)15(9)22-23(5,6)17(2,3)4/h8-9,15H,7H2,1-6H3,(H,20,21). The van der Waals surface area contributed by atoms with Gasteiger partial charge >= 0.3 is 5.97 Å². The molecular formula is C17H24BrFO3Si. The molecule has 0 saturated carbocycles. The molecule has 1 aromatic rings. The van der Waals surface area contributed by atoms with Crippen LogP contribution in [0.3, 0.4) is 0 Å². The molecule has 0 fully saturated rings. The number of rotatable bonds is 3. The van der Waals surface area contributed by atoms with Gasteiger partial charge in [-0.25, -0.2) is 9.18 Å². The molecule has 23 heavy (non-hydrogen) atoms. The van der Waals surface area contributed by atoms with E-state index in [9.17, 15) is 14.3 Å². The molecule has 0 aliphatic heterocycles. The van der Waals surface area contributed by atoms with E-state index < -0.39 is 20.1 Å². The third-order valence-corrected chi connectivity index (χ3v) is 10.4. The second kappa shape index (κ2) is 5.97. The number of aromatic carboxylic acids is 1. The average Bonchev–Trinajstić information content (AvgIpc) is 2.69. The lowest BCUT2D eigenvalue weighted by atomic mass is 10.0. The molecule has 0 bridgehead atoms. The zero-order valence-electron chi connectivity index (χ0n) is 14.5. The maximum absolute atomic E-state index is 14.6. The summed E-state index contributed by atoms with van der Waals surface area (Å²) in [6.07, 6.45) is 0.325. The lowest BCUT2D eigenvalue weighted by molar-refractivity contribution is 0.0694. The molecule has 3 nitrogen and oxygen atoms in total. The Morgan fingerprint density at radius 1 is 1.43 bits per heavy atom. The van der Waals surface area contributed by atoms with Gasteiger partial charge in [0.1, 0.15) is 5.82 Å². The van der Waals surface area contributed by atoms with Gasteiger partial charge in [0, 0.05) is 0 Å². The molecule has 0 spiro atoms. The van der Waals surface area contributed by atoms with Crippen LogP contribution in [0.15, 0.2) is 10.5 Å². The van der Waals surface area contributed by atoms with Crippen LogP contribution in [-0.2, 0) is 10.8 Å². The van der Waals surface area contributed by atoms with Crippen molar-refractivity contribution in [1.29, 1.82) is 0 Å². The van der Waals surface area contributed by atoms with Gasteiger partial charge in [0.25, 0.3) is 0 Å². The molecule has 0 saturated heterocycles. The number of carbonyl (C=O) groups is 1. The summed E-state index contributed by atoms with van der Waals surface area (Å²) in [6.45, 7) is 12.8. The van der Waals surface area contributed by atoms with Gasteiger partial charge in [-0.2, -0.15) is 0 Å². The maximum atomic E-state index is 14.6. The van der Waals surface area contributed by atoms with Gasteiger partial charge < -0.3 is 9.53 Å². The summed E-state index contributed by atoms with van der Waals surface area (Å²) in [4.78, 5) is 11.4. The van der Waals surface area contributed by atoms with Gasteiger partial charge in [-0.05, 0) is 63.6 Å². The van der Waals surface area contributed by atoms with Gasteiger partial charge in [-0.15, -0.1) is 0 Å². The van der Waals surface area contributed by atoms with Gasteiger partial charge in [0.05, 0.1) is 16.1 Å². The summed E-state index contributed by atoms with van der Waals surface area (Å²) in [6, 6.07) is 1.58. The zero-order chi connectivity index (χ0) is 17.7. The monoisotopic (exact) mass is 402 g/mol. The van der Waals surface area contributed by atoms with E-state index in [0.29, 0.717) is 17.5 Å². The first-order chi connectivity index (χ1) is 10.4. The fourth-order valence-electron chi connectivity index (χ4n) is 2.71. The molecule has 1 N–H and O–H groups in total. The molecule has 2 unspecified atom stereocenters. The predicted octanol–water partition coefficient (Wildman–Crippen LogP) is 5.54. The Morgan fingerprint density at radius 3 is 2.48 bits per heavy atom. The Kier molecular flexibility index (Phi) is 4.83. The molecule has 1 aliphatic carbocycles. The van der Waals surface area contributed by atoms with E-state index in [-0.39, 0.29) is 27.1 Å². The highest BCUT2D eigenvalue weighted by molar-refractivity contribution is 9.10. The second-order valence-electron chi connectivity index (χ2n) is 7.91. The molecule has 2 atom stereocenters. The smallest absolute Gasteiger partial charge is 0.336 e. The van der Waals surface area contributed by atoms with Crippen LogP contribution in [0, 0.1) is 11.7 Å². The Morgan fingerprint density at radius 2 is 2.00 bits per heavy atom. The SMILES string of the molecule is CC1Cc2c(cc(C(=O)O)c(Br)c2F)C1O[Si](C)(C)C(C)(C)C. The summed E-state index contributed by atoms with van der Waals surface area (Å²) in [5.41, 5.74) is 1.23. The number of halogens is 2. The summed E-state index contributed by atoms with van der Waals surface area (Å²) >= 11 is 3.08. The van der Waals surface area contributed by atoms with Crippen molar-refractivity contribution in [2.45, 2.75) is 58.4 Å². The first-order valence-electron chi connectivity index (χ1n) is 7.78. The minimum atomic E-state index is -2.04. The molecule has 0 aromatic heterocycles. The van der Waals surface area contributed by atoms with Crippen molar-refractivity contribution >= 4 is 30.2 Å². The Labute approximate surface area is 146 Å². The number of hydrogen-bond donors (Lipinski definition) is 1. The topological polar surface area (TPSA) is 46.5 Å². The normalized spacial score (nSPS) is 21.4. The minimum absolute atomic E-state index is 0.0314. The molecule has 1 aromatic carbocycles. The van der Waals surface area contributed by atoms with E-state index in [1.54, 1.807) is 6.07 Å². The van der Waals surface area contributed by atoms with Crippen molar-refractivity contribution in [3.8, 4) is 0 Å². The number of carboxylic acids is 1. The van der Waals surface area contributed by atoms with Gasteiger partial charge in [-0.1, -0.05) is 27.7 Å². The highest BCUT2D eigenvalue weighted by atomic mass is 79.9. The summed E-state index contributed by atoms with van der Waals surface area (Å²) in [7, 11) is -2.04. The van der Waals surface area contributed by atoms with Crippen LogP contribution in [0.5, 0.6) is 0 Å². The third-order valence-electron chi connectivity index (χ3n) is 5.15. The van der Waals surface area contributed by atoms with Crippen molar-refractivity contribution in [2.75, 3.05) is 0 Å². The van der Waals surface area contributed by atoms with Crippen LogP contribution in [0.4, 0.5) is 4.39 Å². The fourth-order valence-corrected chi connectivity index (χ4v) is 4.58. The summed E-state index contributed by atoms with van der Waals surface area (Å²) in [5, 5.41) is 9.35. The Hall–Kier alpha value is -0.723. The van der Waals surface area contributed by atoms with Gasteiger partial charge in [0.2, 0.25) is 0 Å². The quantitative estimate of drug-likeness (QED) is 0.674. The molecule has 0 amide bonds. The number of hydrogen-bond acceptors (Lipinski definition) is 2. The zero-order valence-corrected chi connectivity index (χ0v) is 17.0. The van der Waals surface area contributed by atoms with E-state index in [2.05, 4.69) is 49.8 Å². The van der Waals surface area contributed by atoms with Crippen LogP contribution >= 0.6 is 15.9 Å². The minimum Gasteiger partial charge on any atom is -0.478 e. The lowest BCUT2D eigenvalue weighted by Crippen LogP contribution is -2.42. The molecule has 1 aliphatic rings. The van der Waals surface area contributed by atoms with Gasteiger partial charge in [0.15, 0.2) is 8.32 Å². The van der Waals surface area contributed by atoms with Crippen molar-refractivity contribution in [3.05, 3.63) is 33.0 Å². The highest BCUT2D eigenvalue weighted by Crippen LogP contribution is 2.47. The van der Waals surface area contributed by atoms with E-state index in [1.165, 1.54) is 0 Å². The van der Waals surface area contributed by atoms with Crippen molar-refractivity contribution in [3.63, 3.8) is 0 Å². The molecular weight excluding hydrogens is 379 g/mol. The second-order valence-corrected chi connectivity index (χ2v) is 13.5. The van der Waals surface area contributed by atoms with Crippen LogP contribution in [0.1, 0.15) is 55.3 Å². The predicted molar refractivity (Wildman–Crippen MR) is 95.0 cm³/mol. The van der Waals surface area contributed by atoms with Crippen molar-refractivity contribution in [2.24, 2.45) is 5.92 Å². The Balaban J connectivity index is 2.51. The molecule has 0 heterocycles. The first-order valence-corrected chi connectivity index (χ1v) is 11.5. The van der Waals surface area contributed by atoms with Crippen molar-refractivity contribution in [1.82, 2.24) is 0 Å². The average molecular weight is 403 g/mol. The van der Waals surface area contributed by atoms with E-state index in [4.69, 9.17) is 4.43 Å². The largest absolute Gasteiger partial charge is 0.478 e. The van der Waals surface area contributed by atoms with Crippen LogP contribution < -0.4 is 0 Å². The van der Waals surface area contributed by atoms with E-state index in [0.717, 1.165) is 0 Å². The Bertz CT molecular complexity index is 652. The van der Waals surface area contributed by atoms with E-state index in [1.807, 2.05) is 6.92 Å². The first kappa shape index (κ1) is 18.6. The fraction of sp³-hybridized carbons (Fsp3) is 0.588. The van der Waals surface area contributed by atoms with Gasteiger partial charge in [-0.3, -0.25) is 0 Å². The number of benzene rings is 1. The molecule has 6 heteroatoms.